The van der Waals surface area contributed by atoms with E-state index in [1.54, 1.807) is 18.2 Å². The van der Waals surface area contributed by atoms with Gasteiger partial charge in [0.25, 0.3) is 11.8 Å². The molecule has 0 saturated carbocycles. The van der Waals surface area contributed by atoms with Crippen LogP contribution >= 0.6 is 0 Å². The predicted octanol–water partition coefficient (Wildman–Crippen LogP) is 6.60. The number of rotatable bonds is 9. The summed E-state index contributed by atoms with van der Waals surface area (Å²) in [5.74, 6) is 0.549. The molecule has 8 rings (SSSR count). The Hall–Kier alpha value is -5.41. The average molecular weight is 697 g/mol. The van der Waals surface area contributed by atoms with Gasteiger partial charge in [0.05, 0.1) is 11.1 Å². The summed E-state index contributed by atoms with van der Waals surface area (Å²) in [5, 5.41) is 16.4. The Labute approximate surface area is 304 Å². The molecule has 3 heterocycles. The summed E-state index contributed by atoms with van der Waals surface area (Å²) in [4.78, 5) is 42.4. The topological polar surface area (TPSA) is 111 Å². The Balaban J connectivity index is 0.835. The molecule has 266 valence electrons. The molecule has 9 nitrogen and oxygen atoms in total. The van der Waals surface area contributed by atoms with E-state index in [0.29, 0.717) is 47.9 Å². The monoisotopic (exact) mass is 696 g/mol. The van der Waals surface area contributed by atoms with Gasteiger partial charge in [0.2, 0.25) is 5.91 Å². The summed E-state index contributed by atoms with van der Waals surface area (Å²) in [7, 11) is 0. The van der Waals surface area contributed by atoms with Gasteiger partial charge in [-0.3, -0.25) is 24.2 Å². The Bertz CT molecular complexity index is 2000. The molecule has 9 heteroatoms. The summed E-state index contributed by atoms with van der Waals surface area (Å²) >= 11 is 0. The number of aromatic hydroxyl groups is 1. The fourth-order valence-electron chi connectivity index (χ4n) is 8.52. The van der Waals surface area contributed by atoms with Crippen LogP contribution in [0.2, 0.25) is 0 Å². The van der Waals surface area contributed by atoms with Gasteiger partial charge < -0.3 is 20.5 Å². The van der Waals surface area contributed by atoms with Gasteiger partial charge in [-0.2, -0.15) is 0 Å². The number of ether oxygens (including phenoxy) is 1. The number of anilines is 1. The fraction of sp³-hybridized carbons (Fsp3) is 0.326. The minimum absolute atomic E-state index is 0.205. The van der Waals surface area contributed by atoms with Gasteiger partial charge >= 0.3 is 0 Å². The van der Waals surface area contributed by atoms with Crippen molar-refractivity contribution in [2.75, 3.05) is 31.6 Å². The van der Waals surface area contributed by atoms with E-state index < -0.39 is 17.9 Å². The summed E-state index contributed by atoms with van der Waals surface area (Å²) in [5.41, 5.74) is 7.20. The van der Waals surface area contributed by atoms with E-state index in [2.05, 4.69) is 82.8 Å². The number of likely N-dealkylation sites (tertiary alicyclic amines) is 1. The molecule has 3 amide bonds. The molecule has 2 saturated heterocycles. The van der Waals surface area contributed by atoms with Crippen LogP contribution < -0.4 is 15.4 Å². The third-order valence-electron chi connectivity index (χ3n) is 11.2. The molecule has 1 unspecified atom stereocenters. The number of allylic oxidation sites excluding steroid dienone is 1. The number of hydrogen-bond donors (Lipinski definition) is 3. The van der Waals surface area contributed by atoms with E-state index in [0.717, 1.165) is 61.7 Å². The molecule has 3 aliphatic heterocycles. The first kappa shape index (κ1) is 33.7. The van der Waals surface area contributed by atoms with Gasteiger partial charge in [-0.05, 0) is 109 Å². The van der Waals surface area contributed by atoms with Crippen molar-refractivity contribution in [2.45, 2.75) is 62.4 Å². The maximum absolute atomic E-state index is 13.3. The highest BCUT2D eigenvalue weighted by Crippen LogP contribution is 2.47. The third-order valence-corrected chi connectivity index (χ3v) is 11.2. The van der Waals surface area contributed by atoms with Gasteiger partial charge in [-0.25, -0.2) is 0 Å². The molecular weight excluding hydrogens is 652 g/mol. The zero-order valence-corrected chi connectivity index (χ0v) is 29.2. The van der Waals surface area contributed by atoms with Crippen LogP contribution in [0.15, 0.2) is 103 Å². The second kappa shape index (κ2) is 14.3. The molecule has 4 aromatic rings. The second-order valence-electron chi connectivity index (χ2n) is 14.5. The fourth-order valence-corrected chi connectivity index (χ4v) is 8.52. The molecule has 3 atom stereocenters. The molecule has 0 spiro atoms. The first-order valence-electron chi connectivity index (χ1n) is 18.4. The largest absolute Gasteiger partial charge is 0.508 e. The maximum Gasteiger partial charge on any atom is 0.262 e. The summed E-state index contributed by atoms with van der Waals surface area (Å²) in [6.45, 7) is 7.07. The lowest BCUT2D eigenvalue weighted by Crippen LogP contribution is -2.51. The lowest BCUT2D eigenvalue weighted by Gasteiger charge is -2.35. The van der Waals surface area contributed by atoms with Crippen molar-refractivity contribution in [1.29, 1.82) is 0 Å². The second-order valence-corrected chi connectivity index (χ2v) is 14.5. The number of amides is 3. The first-order valence-corrected chi connectivity index (χ1v) is 18.4. The van der Waals surface area contributed by atoms with Crippen molar-refractivity contribution in [2.24, 2.45) is 0 Å². The molecule has 52 heavy (non-hydrogen) atoms. The molecule has 0 aromatic heterocycles. The number of hydrogen-bond acceptors (Lipinski definition) is 7. The van der Waals surface area contributed by atoms with Crippen molar-refractivity contribution in [3.63, 3.8) is 0 Å². The number of aryl methyl sites for hydroxylation is 1. The predicted molar refractivity (Wildman–Crippen MR) is 200 cm³/mol. The van der Waals surface area contributed by atoms with Crippen LogP contribution in [0, 0.1) is 0 Å². The first-order chi connectivity index (χ1) is 25.3. The van der Waals surface area contributed by atoms with Crippen molar-refractivity contribution < 1.29 is 24.2 Å². The van der Waals surface area contributed by atoms with Crippen LogP contribution in [-0.2, 0) is 11.2 Å². The number of carbonyl (C=O) groups is 3. The smallest absolute Gasteiger partial charge is 0.262 e. The SMILES string of the molecule is C=C1CCC(N2C(=O)c3ccc(NC4CCN(CCOc5ccc([C@H]6c7ccc(O)cc7CC[C@H]6c6ccccc6)cc5)CC4)cc3C2=O)C(=O)N1. The number of fused-ring (bicyclic) bond motifs is 2. The van der Waals surface area contributed by atoms with Gasteiger partial charge in [0.1, 0.15) is 24.1 Å². The minimum Gasteiger partial charge on any atom is -0.508 e. The van der Waals surface area contributed by atoms with E-state index in [1.807, 2.05) is 12.1 Å². The Morgan fingerprint density at radius 1 is 0.808 bits per heavy atom. The lowest BCUT2D eigenvalue weighted by molar-refractivity contribution is -0.125. The summed E-state index contributed by atoms with van der Waals surface area (Å²) in [6, 6.07) is 29.8. The minimum atomic E-state index is -0.814. The molecule has 0 radical (unpaired) electrons. The molecule has 0 bridgehead atoms. The van der Waals surface area contributed by atoms with Gasteiger partial charge in [-0.15, -0.1) is 0 Å². The lowest BCUT2D eigenvalue weighted by atomic mass is 9.69. The molecule has 4 aliphatic rings. The number of piperidine rings is 2. The van der Waals surface area contributed by atoms with Gasteiger partial charge in [0.15, 0.2) is 0 Å². The van der Waals surface area contributed by atoms with Crippen LogP contribution in [0.5, 0.6) is 11.5 Å². The van der Waals surface area contributed by atoms with Crippen LogP contribution in [-0.4, -0.2) is 71.0 Å². The van der Waals surface area contributed by atoms with Crippen molar-refractivity contribution in [3.8, 4) is 11.5 Å². The van der Waals surface area contributed by atoms with Crippen LogP contribution in [0.25, 0.3) is 0 Å². The van der Waals surface area contributed by atoms with Crippen LogP contribution in [0.4, 0.5) is 5.69 Å². The standard InChI is InChI=1S/C43H44N4O5/c1-27-7-18-39(41(49)44-27)47-42(50)37-16-11-32(26-38(37)43(47)51)45-31-19-21-46(22-20-31)23-24-52-34-13-8-29(9-14-34)40-35(28-5-3-2-4-6-28)15-10-30-25-33(48)12-17-36(30)40/h2-6,8-9,11-14,16-17,25-26,31,35,39-40,45,48H,1,7,10,15,18-24H2,(H,44,49)/t35-,39?,40+/m0/s1. The zero-order valence-electron chi connectivity index (χ0n) is 29.2. The number of imide groups is 1. The molecule has 1 aliphatic carbocycles. The van der Waals surface area contributed by atoms with Crippen molar-refractivity contribution >= 4 is 23.4 Å². The van der Waals surface area contributed by atoms with E-state index in [-0.39, 0.29) is 17.9 Å². The van der Waals surface area contributed by atoms with E-state index in [1.165, 1.54) is 22.3 Å². The highest BCUT2D eigenvalue weighted by Gasteiger charge is 2.44. The molecular formula is C43H44N4O5. The number of carbonyl (C=O) groups excluding carboxylic acids is 3. The van der Waals surface area contributed by atoms with E-state index in [4.69, 9.17) is 4.74 Å². The van der Waals surface area contributed by atoms with Gasteiger partial charge in [-0.1, -0.05) is 55.1 Å². The number of nitrogens with one attached hydrogen (secondary N) is 2. The van der Waals surface area contributed by atoms with E-state index >= 15 is 0 Å². The zero-order chi connectivity index (χ0) is 35.8. The van der Waals surface area contributed by atoms with Gasteiger partial charge in [0, 0.05) is 43.0 Å². The molecule has 4 aromatic carbocycles. The third kappa shape index (κ3) is 6.68. The summed E-state index contributed by atoms with van der Waals surface area (Å²) < 4.78 is 6.21. The van der Waals surface area contributed by atoms with E-state index in [9.17, 15) is 19.5 Å². The van der Waals surface area contributed by atoms with Crippen molar-refractivity contribution in [3.05, 3.63) is 137 Å². The number of phenolic OH excluding ortho intramolecular Hbond substituents is 1. The molecule has 3 N–H and O–H groups in total. The van der Waals surface area contributed by atoms with Crippen LogP contribution in [0.1, 0.15) is 86.9 Å². The Kier molecular flexibility index (Phi) is 9.28. The quantitative estimate of drug-likeness (QED) is 0.169. The Morgan fingerprint density at radius 2 is 1.58 bits per heavy atom. The highest BCUT2D eigenvalue weighted by molar-refractivity contribution is 6.23. The van der Waals surface area contributed by atoms with Crippen molar-refractivity contribution in [1.82, 2.24) is 15.1 Å². The normalized spacial score (nSPS) is 22.2. The Morgan fingerprint density at radius 3 is 2.35 bits per heavy atom. The number of benzene rings is 4. The number of nitrogens with zero attached hydrogens (tertiary/aromatic N) is 2. The average Bonchev–Trinajstić information content (AvgIpc) is 3.40. The maximum atomic E-state index is 13.3. The number of phenols is 1. The summed E-state index contributed by atoms with van der Waals surface area (Å²) in [6.07, 6.45) is 4.79. The van der Waals surface area contributed by atoms with Crippen LogP contribution in [0.3, 0.4) is 0 Å². The molecule has 2 fully saturated rings. The highest BCUT2D eigenvalue weighted by atomic mass is 16.5.